The Morgan fingerprint density at radius 3 is 2.70 bits per heavy atom. The second-order valence-corrected chi connectivity index (χ2v) is 17.0. The highest BCUT2D eigenvalue weighted by atomic mass is 28.3. The molecule has 0 fully saturated rings. The molecule has 2 atom stereocenters. The van der Waals surface area contributed by atoms with E-state index in [9.17, 15) is 0 Å². The molecule has 10 rings (SSSR count). The van der Waals surface area contributed by atoms with Crippen molar-refractivity contribution in [1.29, 1.82) is 0 Å². The third kappa shape index (κ3) is 3.20. The normalized spacial score (nSPS) is 23.9. The molecule has 0 bridgehead atoms. The minimum atomic E-state index is -2.24. The van der Waals surface area contributed by atoms with Crippen molar-refractivity contribution in [3.05, 3.63) is 148 Å². The molecule has 0 spiro atoms. The van der Waals surface area contributed by atoms with Gasteiger partial charge in [-0.15, -0.1) is 0 Å². The maximum absolute atomic E-state index is 6.77. The van der Waals surface area contributed by atoms with Crippen LogP contribution in [0.3, 0.4) is 0 Å². The monoisotopic (exact) mass is 583 g/mol. The molecule has 0 radical (unpaired) electrons. The molecular weight excluding hydrogens is 551 g/mol. The van der Waals surface area contributed by atoms with Crippen molar-refractivity contribution >= 4 is 58.0 Å². The lowest BCUT2D eigenvalue weighted by Crippen LogP contribution is -2.61. The molecule has 0 saturated carbocycles. The summed E-state index contributed by atoms with van der Waals surface area (Å²) in [7, 11) is -2.24. The van der Waals surface area contributed by atoms with Gasteiger partial charge in [0, 0.05) is 45.9 Å². The van der Waals surface area contributed by atoms with Gasteiger partial charge in [0.2, 0.25) is 0 Å². The summed E-state index contributed by atoms with van der Waals surface area (Å²) in [5.74, 6) is 1.65. The largest absolute Gasteiger partial charge is 0.460 e. The zero-order valence-corrected chi connectivity index (χ0v) is 25.9. The molecule has 212 valence electrons. The third-order valence-corrected chi connectivity index (χ3v) is 15.5. The number of para-hydroxylation sites is 1. The lowest BCUT2D eigenvalue weighted by atomic mass is 9.82. The maximum atomic E-state index is 6.77. The predicted octanol–water partition coefficient (Wildman–Crippen LogP) is 9.18. The van der Waals surface area contributed by atoms with Crippen molar-refractivity contribution in [2.24, 2.45) is 5.92 Å². The Bertz CT molecular complexity index is 2160. The van der Waals surface area contributed by atoms with Crippen LogP contribution in [0.4, 0.5) is 11.4 Å². The van der Waals surface area contributed by atoms with Crippen LogP contribution in [0.15, 0.2) is 130 Å². The highest BCUT2D eigenvalue weighted by molar-refractivity contribution is 7.10. The Labute approximate surface area is 259 Å². The lowest BCUT2D eigenvalue weighted by molar-refractivity contribution is 0.545. The van der Waals surface area contributed by atoms with Gasteiger partial charge >= 0.3 is 0 Å². The van der Waals surface area contributed by atoms with Crippen LogP contribution in [0.2, 0.25) is 6.55 Å². The first kappa shape index (κ1) is 24.8. The van der Waals surface area contributed by atoms with Gasteiger partial charge in [-0.05, 0) is 81.7 Å². The highest BCUT2D eigenvalue weighted by Crippen LogP contribution is 2.52. The van der Waals surface area contributed by atoms with Gasteiger partial charge < -0.3 is 9.32 Å². The second kappa shape index (κ2) is 8.96. The summed E-state index contributed by atoms with van der Waals surface area (Å²) in [6.45, 7) is 2.59. The smallest absolute Gasteiger partial charge is 0.152 e. The molecule has 1 aromatic heterocycles. The van der Waals surface area contributed by atoms with Crippen LogP contribution in [-0.4, -0.2) is 8.07 Å². The number of nitrogens with zero attached hydrogens (tertiary/aromatic N) is 1. The molecule has 4 aliphatic carbocycles. The van der Waals surface area contributed by atoms with Crippen molar-refractivity contribution < 1.29 is 4.42 Å². The number of aryl methyl sites for hydroxylation is 1. The lowest BCUT2D eigenvalue weighted by Gasteiger charge is -2.44. The minimum absolute atomic E-state index is 0.486. The van der Waals surface area contributed by atoms with E-state index in [1.54, 1.807) is 5.20 Å². The van der Waals surface area contributed by atoms with Crippen LogP contribution in [0, 0.1) is 5.92 Å². The van der Waals surface area contributed by atoms with Crippen molar-refractivity contribution in [2.75, 3.05) is 4.90 Å². The zero-order valence-electron chi connectivity index (χ0n) is 24.9. The average molecular weight is 584 g/mol. The summed E-state index contributed by atoms with van der Waals surface area (Å²) in [6, 6.07) is 23.4. The van der Waals surface area contributed by atoms with Crippen LogP contribution in [-0.2, 0) is 6.42 Å². The summed E-state index contributed by atoms with van der Waals surface area (Å²) < 4.78 is 6.77. The van der Waals surface area contributed by atoms with Gasteiger partial charge in [0.25, 0.3) is 0 Å². The quantitative estimate of drug-likeness (QED) is 0.219. The predicted molar refractivity (Wildman–Crippen MR) is 186 cm³/mol. The molecule has 3 heterocycles. The van der Waals surface area contributed by atoms with Crippen molar-refractivity contribution in [3.63, 3.8) is 0 Å². The van der Waals surface area contributed by atoms with Gasteiger partial charge in [0.05, 0.1) is 0 Å². The Morgan fingerprint density at radius 2 is 1.77 bits per heavy atom. The van der Waals surface area contributed by atoms with Crippen LogP contribution >= 0.6 is 0 Å². The summed E-state index contributed by atoms with van der Waals surface area (Å²) in [5, 5.41) is 5.93. The number of fused-ring (bicyclic) bond motifs is 10. The van der Waals surface area contributed by atoms with Crippen LogP contribution in [0.5, 0.6) is 0 Å². The van der Waals surface area contributed by atoms with E-state index in [0.29, 0.717) is 5.92 Å². The minimum Gasteiger partial charge on any atom is -0.460 e. The fraction of sp³-hybridized carbons (Fsp3) is 0.171. The van der Waals surface area contributed by atoms with E-state index in [1.807, 2.05) is 0 Å². The number of hydrogen-bond acceptors (Lipinski definition) is 2. The molecule has 44 heavy (non-hydrogen) atoms. The molecule has 3 heteroatoms. The fourth-order valence-electron chi connectivity index (χ4n) is 8.89. The first-order valence-corrected chi connectivity index (χ1v) is 18.7. The summed E-state index contributed by atoms with van der Waals surface area (Å²) >= 11 is 0. The van der Waals surface area contributed by atoms with Crippen LogP contribution in [0.1, 0.15) is 48.1 Å². The van der Waals surface area contributed by atoms with E-state index in [2.05, 4.69) is 127 Å². The molecule has 3 aromatic carbocycles. The summed E-state index contributed by atoms with van der Waals surface area (Å²) in [5.41, 5.74) is 13.5. The molecule has 0 saturated heterocycles. The van der Waals surface area contributed by atoms with E-state index in [1.165, 1.54) is 66.2 Å². The summed E-state index contributed by atoms with van der Waals surface area (Å²) in [6.07, 6.45) is 25.9. The van der Waals surface area contributed by atoms with Crippen molar-refractivity contribution in [2.45, 2.75) is 38.7 Å². The molecule has 2 aliphatic heterocycles. The SMILES string of the molecule is C[Si]12C3=C(CCC=C3N(c3ccc(C4=CC=C5C=CC=CC5C4)cc3)c3ccccc31)c1c2ccc2c3c(oc12)CCC=C3. The number of hydrogen-bond donors (Lipinski definition) is 0. The Hall–Kier alpha value is -4.60. The van der Waals surface area contributed by atoms with Gasteiger partial charge in [-0.3, -0.25) is 0 Å². The van der Waals surface area contributed by atoms with Crippen LogP contribution in [0.25, 0.3) is 28.2 Å². The van der Waals surface area contributed by atoms with E-state index in [-0.39, 0.29) is 0 Å². The Balaban J connectivity index is 1.13. The van der Waals surface area contributed by atoms with E-state index in [4.69, 9.17) is 4.42 Å². The molecule has 0 N–H and O–H groups in total. The Kier molecular flexibility index (Phi) is 5.05. The van der Waals surface area contributed by atoms with E-state index >= 15 is 0 Å². The van der Waals surface area contributed by atoms with Gasteiger partial charge in [0.1, 0.15) is 11.3 Å². The molecule has 0 amide bonds. The van der Waals surface area contributed by atoms with E-state index in [0.717, 1.165) is 43.4 Å². The highest BCUT2D eigenvalue weighted by Gasteiger charge is 2.53. The van der Waals surface area contributed by atoms with Gasteiger partial charge in [0.15, 0.2) is 8.07 Å². The van der Waals surface area contributed by atoms with Gasteiger partial charge in [-0.2, -0.15) is 0 Å². The average Bonchev–Trinajstić information content (AvgIpc) is 3.59. The molecular formula is C41H33NOSi. The molecule has 6 aliphatic rings. The number of benzene rings is 3. The number of furan rings is 1. The van der Waals surface area contributed by atoms with Crippen molar-refractivity contribution in [1.82, 2.24) is 0 Å². The molecule has 2 unspecified atom stereocenters. The molecule has 2 nitrogen and oxygen atoms in total. The standard InChI is InChI=1S/C41H33NOSi/c1-44-37-16-7-5-13-34(37)42(30-21-19-27(20-22-30)29-18-17-26-9-2-3-10-28(26)25-29)35-14-8-12-33(41(35)44)39-38(44)24-23-32-31-11-4-6-15-36(31)43-40(32)39/h2-5,7,9-11,13-14,16-24,28H,6,8,12,15,25H2,1H3. The van der Waals surface area contributed by atoms with Gasteiger partial charge in [-0.1, -0.05) is 104 Å². The summed E-state index contributed by atoms with van der Waals surface area (Å²) in [4.78, 5) is 2.56. The fourth-order valence-corrected chi connectivity index (χ4v) is 13.6. The maximum Gasteiger partial charge on any atom is 0.152 e. The number of rotatable bonds is 2. The third-order valence-electron chi connectivity index (χ3n) is 10.9. The van der Waals surface area contributed by atoms with Gasteiger partial charge in [-0.25, -0.2) is 0 Å². The number of allylic oxidation sites excluding steroid dienone is 12. The van der Waals surface area contributed by atoms with Crippen LogP contribution < -0.4 is 15.3 Å². The zero-order chi connectivity index (χ0) is 29.0. The first-order valence-electron chi connectivity index (χ1n) is 16.2. The number of anilines is 2. The first-order chi connectivity index (χ1) is 21.7. The topological polar surface area (TPSA) is 16.4 Å². The van der Waals surface area contributed by atoms with Crippen molar-refractivity contribution in [3.8, 4) is 0 Å². The Morgan fingerprint density at radius 1 is 0.864 bits per heavy atom. The molecule has 4 aromatic rings. The van der Waals surface area contributed by atoms with E-state index < -0.39 is 8.07 Å². The second-order valence-electron chi connectivity index (χ2n) is 13.2.